The van der Waals surface area contributed by atoms with E-state index in [0.717, 1.165) is 4.70 Å². The molecule has 0 atom stereocenters. The third-order valence-corrected chi connectivity index (χ3v) is 3.99. The Kier molecular flexibility index (Phi) is 4.02. The predicted molar refractivity (Wildman–Crippen MR) is 80.9 cm³/mol. The number of thiazole rings is 1. The highest BCUT2D eigenvalue weighted by atomic mass is 79.9. The van der Waals surface area contributed by atoms with Crippen LogP contribution in [0.15, 0.2) is 10.5 Å². The molecule has 0 radical (unpaired) electrons. The van der Waals surface area contributed by atoms with Crippen LogP contribution in [0.3, 0.4) is 0 Å². The van der Waals surface area contributed by atoms with Gasteiger partial charge in [-0.25, -0.2) is 14.2 Å². The zero-order chi connectivity index (χ0) is 15.1. The number of aryl methyl sites for hydroxylation is 1. The van der Waals surface area contributed by atoms with Crippen LogP contribution in [0, 0.1) is 12.7 Å². The first kappa shape index (κ1) is 15.2. The van der Waals surface area contributed by atoms with Crippen LogP contribution in [-0.2, 0) is 0 Å². The molecule has 1 N–H and O–H groups in total. The van der Waals surface area contributed by atoms with E-state index < -0.39 is 11.6 Å². The van der Waals surface area contributed by atoms with Gasteiger partial charge >= 0.3 is 6.09 Å². The number of carbonyl (C=O) groups excluding carboxylic acids is 1. The van der Waals surface area contributed by atoms with Gasteiger partial charge in [-0.15, -0.1) is 0 Å². The molecular formula is C13H14BrFN2O2S. The number of nitrogens with zero attached hydrogens (tertiary/aromatic N) is 1. The molecule has 0 aliphatic rings. The Labute approximate surface area is 128 Å². The molecule has 1 amide bonds. The molecule has 0 aliphatic heterocycles. The zero-order valence-corrected chi connectivity index (χ0v) is 13.9. The van der Waals surface area contributed by atoms with Crippen molar-refractivity contribution >= 4 is 43.6 Å². The van der Waals surface area contributed by atoms with Gasteiger partial charge in [0.1, 0.15) is 11.3 Å². The summed E-state index contributed by atoms with van der Waals surface area (Å²) in [7, 11) is 0. The molecule has 4 nitrogen and oxygen atoms in total. The number of benzene rings is 1. The van der Waals surface area contributed by atoms with Crippen LogP contribution in [0.5, 0.6) is 5.19 Å². The Morgan fingerprint density at radius 3 is 2.75 bits per heavy atom. The first-order valence-electron chi connectivity index (χ1n) is 5.92. The van der Waals surface area contributed by atoms with E-state index in [1.807, 2.05) is 20.8 Å². The second-order valence-corrected chi connectivity index (χ2v) is 7.20. The highest BCUT2D eigenvalue weighted by Crippen LogP contribution is 2.35. The van der Waals surface area contributed by atoms with Crippen LogP contribution < -0.4 is 10.1 Å². The van der Waals surface area contributed by atoms with Crippen LogP contribution in [0.2, 0.25) is 0 Å². The van der Waals surface area contributed by atoms with Crippen molar-refractivity contribution in [2.24, 2.45) is 0 Å². The van der Waals surface area contributed by atoms with Crippen molar-refractivity contribution in [3.05, 3.63) is 21.9 Å². The van der Waals surface area contributed by atoms with Crippen molar-refractivity contribution in [2.45, 2.75) is 33.2 Å². The maximum absolute atomic E-state index is 13.8. The van der Waals surface area contributed by atoms with Gasteiger partial charge in [0.25, 0.3) is 5.19 Å². The molecule has 1 aromatic heterocycles. The number of rotatable bonds is 1. The van der Waals surface area contributed by atoms with Crippen molar-refractivity contribution in [1.29, 1.82) is 0 Å². The lowest BCUT2D eigenvalue weighted by molar-refractivity contribution is 0.190. The van der Waals surface area contributed by atoms with E-state index in [1.54, 1.807) is 13.0 Å². The van der Waals surface area contributed by atoms with Gasteiger partial charge in [0.15, 0.2) is 0 Å². The van der Waals surface area contributed by atoms with Crippen LogP contribution in [0.1, 0.15) is 26.3 Å². The topological polar surface area (TPSA) is 51.2 Å². The Bertz CT molecular complexity index is 679. The molecule has 0 spiro atoms. The van der Waals surface area contributed by atoms with Crippen LogP contribution >= 0.6 is 27.3 Å². The molecule has 0 fully saturated rings. The summed E-state index contributed by atoms with van der Waals surface area (Å²) < 4.78 is 19.9. The molecule has 0 saturated heterocycles. The van der Waals surface area contributed by atoms with E-state index in [9.17, 15) is 9.18 Å². The number of amides is 1. The van der Waals surface area contributed by atoms with Gasteiger partial charge in [-0.1, -0.05) is 11.3 Å². The minimum atomic E-state index is -0.579. The molecular weight excluding hydrogens is 347 g/mol. The van der Waals surface area contributed by atoms with Crippen molar-refractivity contribution in [1.82, 2.24) is 10.3 Å². The highest BCUT2D eigenvalue weighted by Gasteiger charge is 2.19. The normalized spacial score (nSPS) is 11.7. The smallest absolute Gasteiger partial charge is 0.381 e. The maximum Gasteiger partial charge on any atom is 0.414 e. The van der Waals surface area contributed by atoms with Gasteiger partial charge in [-0.3, -0.25) is 0 Å². The van der Waals surface area contributed by atoms with Gasteiger partial charge in [-0.05, 0) is 55.3 Å². The van der Waals surface area contributed by atoms with Gasteiger partial charge in [0.05, 0.1) is 9.17 Å². The molecule has 1 aromatic carbocycles. The number of hydrogen-bond acceptors (Lipinski definition) is 4. The fraction of sp³-hybridized carbons (Fsp3) is 0.385. The lowest BCUT2D eigenvalue weighted by atomic mass is 10.1. The van der Waals surface area contributed by atoms with Gasteiger partial charge in [0.2, 0.25) is 0 Å². The summed E-state index contributed by atoms with van der Waals surface area (Å²) in [4.78, 5) is 15.8. The second kappa shape index (κ2) is 5.29. The summed E-state index contributed by atoms with van der Waals surface area (Å²) in [6, 6.07) is 1.68. The Morgan fingerprint density at radius 2 is 2.15 bits per heavy atom. The van der Waals surface area contributed by atoms with Crippen molar-refractivity contribution < 1.29 is 13.9 Å². The number of nitrogens with one attached hydrogen (secondary N) is 1. The molecule has 0 bridgehead atoms. The molecule has 0 unspecified atom stereocenters. The minimum Gasteiger partial charge on any atom is -0.381 e. The predicted octanol–water partition coefficient (Wildman–Crippen LogP) is 4.39. The third kappa shape index (κ3) is 3.27. The molecule has 0 aliphatic carbocycles. The fourth-order valence-electron chi connectivity index (χ4n) is 1.56. The summed E-state index contributed by atoms with van der Waals surface area (Å²) in [6.07, 6.45) is -0.579. The quantitative estimate of drug-likeness (QED) is 0.820. The Morgan fingerprint density at radius 1 is 1.50 bits per heavy atom. The first-order valence-corrected chi connectivity index (χ1v) is 7.53. The Balaban J connectivity index is 2.29. The lowest BCUT2D eigenvalue weighted by Crippen LogP contribution is -2.42. The third-order valence-electron chi connectivity index (χ3n) is 2.39. The number of halogens is 2. The van der Waals surface area contributed by atoms with Gasteiger partial charge < -0.3 is 10.1 Å². The highest BCUT2D eigenvalue weighted by molar-refractivity contribution is 9.10. The van der Waals surface area contributed by atoms with Gasteiger partial charge in [0, 0.05) is 5.54 Å². The summed E-state index contributed by atoms with van der Waals surface area (Å²) in [5.74, 6) is -0.353. The monoisotopic (exact) mass is 360 g/mol. The fourth-order valence-corrected chi connectivity index (χ4v) is 3.23. The van der Waals surface area contributed by atoms with Crippen LogP contribution in [0.4, 0.5) is 9.18 Å². The SMILES string of the molecule is Cc1cc2sc(OC(=O)NC(C)(C)C)nc2c(Br)c1F. The lowest BCUT2D eigenvalue weighted by Gasteiger charge is -2.18. The zero-order valence-electron chi connectivity index (χ0n) is 11.5. The van der Waals surface area contributed by atoms with E-state index in [1.165, 1.54) is 11.3 Å². The van der Waals surface area contributed by atoms with Gasteiger partial charge in [-0.2, -0.15) is 0 Å². The van der Waals surface area contributed by atoms with Crippen LogP contribution in [0.25, 0.3) is 10.2 Å². The standard InChI is InChI=1S/C13H14BrFN2O2S/c1-6-5-7-10(8(14)9(6)15)16-12(20-7)19-11(18)17-13(2,3)4/h5H,1-4H3,(H,17,18). The summed E-state index contributed by atoms with van der Waals surface area (Å²) in [6.45, 7) is 7.22. The maximum atomic E-state index is 13.8. The number of ether oxygens (including phenoxy) is 1. The minimum absolute atomic E-state index is 0.187. The van der Waals surface area contributed by atoms with E-state index >= 15 is 0 Å². The van der Waals surface area contributed by atoms with E-state index in [-0.39, 0.29) is 15.5 Å². The average Bonchev–Trinajstić information content (AvgIpc) is 2.66. The van der Waals surface area contributed by atoms with E-state index in [4.69, 9.17) is 4.74 Å². The number of aromatic nitrogens is 1. The largest absolute Gasteiger partial charge is 0.414 e. The summed E-state index contributed by atoms with van der Waals surface area (Å²) in [5, 5.41) is 2.86. The van der Waals surface area contributed by atoms with Crippen molar-refractivity contribution in [3.8, 4) is 5.19 Å². The number of carbonyl (C=O) groups is 1. The number of hydrogen-bond donors (Lipinski definition) is 1. The van der Waals surface area contributed by atoms with Crippen molar-refractivity contribution in [2.75, 3.05) is 0 Å². The van der Waals surface area contributed by atoms with E-state index in [2.05, 4.69) is 26.2 Å². The summed E-state index contributed by atoms with van der Waals surface area (Å²) >= 11 is 4.37. The molecule has 2 rings (SSSR count). The summed E-state index contributed by atoms with van der Waals surface area (Å²) in [5.41, 5.74) is 0.576. The van der Waals surface area contributed by atoms with Crippen LogP contribution in [-0.4, -0.2) is 16.6 Å². The second-order valence-electron chi connectivity index (χ2n) is 5.41. The average molecular weight is 361 g/mol. The molecule has 108 valence electrons. The molecule has 7 heteroatoms. The Hall–Kier alpha value is -1.21. The van der Waals surface area contributed by atoms with Crippen molar-refractivity contribution in [3.63, 3.8) is 0 Å². The van der Waals surface area contributed by atoms with E-state index in [0.29, 0.717) is 11.1 Å². The molecule has 0 saturated carbocycles. The molecule has 1 heterocycles. The molecule has 20 heavy (non-hydrogen) atoms. The molecule has 2 aromatic rings. The first-order chi connectivity index (χ1) is 9.17. The number of fused-ring (bicyclic) bond motifs is 1.